The van der Waals surface area contributed by atoms with Gasteiger partial charge in [-0.25, -0.2) is 4.39 Å². The lowest BCUT2D eigenvalue weighted by Crippen LogP contribution is -2.26. The molecule has 0 saturated carbocycles. The monoisotopic (exact) mass is 289 g/mol. The number of ether oxygens (including phenoxy) is 1. The molecular weight excluding hydrogens is 277 g/mol. The number of hydrogen-bond donors (Lipinski definition) is 0. The first-order chi connectivity index (χ1) is 7.54. The van der Waals surface area contributed by atoms with Crippen LogP contribution >= 0.6 is 15.9 Å². The van der Waals surface area contributed by atoms with E-state index < -0.39 is 0 Å². The second kappa shape index (κ2) is 5.96. The first-order valence-electron chi connectivity index (χ1n) is 4.73. The smallest absolute Gasteiger partial charge is 0.319 e. The lowest BCUT2D eigenvalue weighted by molar-refractivity contribution is -0.141. The third-order valence-electron chi connectivity index (χ3n) is 2.10. The van der Waals surface area contributed by atoms with Crippen molar-refractivity contribution in [3.8, 4) is 0 Å². The summed E-state index contributed by atoms with van der Waals surface area (Å²) < 4.78 is 18.2. The maximum Gasteiger partial charge on any atom is 0.319 e. The Morgan fingerprint density at radius 2 is 2.25 bits per heavy atom. The van der Waals surface area contributed by atoms with Crippen LogP contribution < -0.4 is 0 Å². The van der Waals surface area contributed by atoms with Gasteiger partial charge in [-0.05, 0) is 34.6 Å². The van der Waals surface area contributed by atoms with Gasteiger partial charge in [0.05, 0.1) is 18.1 Å². The van der Waals surface area contributed by atoms with Crippen molar-refractivity contribution in [1.82, 2.24) is 4.90 Å². The first kappa shape index (κ1) is 13.1. The van der Waals surface area contributed by atoms with Crippen LogP contribution in [0, 0.1) is 5.82 Å². The Balaban J connectivity index is 2.66. The van der Waals surface area contributed by atoms with Crippen LogP contribution in [0.15, 0.2) is 22.7 Å². The fourth-order valence-corrected chi connectivity index (χ4v) is 1.69. The standard InChI is InChI=1S/C11H13BrFNO2/c1-14(7-10(15)16-2)6-8-4-3-5-9(13)11(8)12/h3-5H,6-7H2,1-2H3. The van der Waals surface area contributed by atoms with E-state index in [2.05, 4.69) is 20.7 Å². The van der Waals surface area contributed by atoms with Gasteiger partial charge in [0, 0.05) is 6.54 Å². The lowest BCUT2D eigenvalue weighted by Gasteiger charge is -2.16. The molecule has 0 spiro atoms. The minimum atomic E-state index is -0.310. The summed E-state index contributed by atoms with van der Waals surface area (Å²) in [6.45, 7) is 0.660. The summed E-state index contributed by atoms with van der Waals surface area (Å²) in [5, 5.41) is 0. The van der Waals surface area contributed by atoms with E-state index in [1.165, 1.54) is 13.2 Å². The number of hydrogen-bond acceptors (Lipinski definition) is 3. The fourth-order valence-electron chi connectivity index (χ4n) is 1.30. The summed E-state index contributed by atoms with van der Waals surface area (Å²) in [5.74, 6) is -0.612. The quantitative estimate of drug-likeness (QED) is 0.796. The Bertz CT molecular complexity index is 384. The van der Waals surface area contributed by atoms with Gasteiger partial charge >= 0.3 is 5.97 Å². The molecule has 1 rings (SSSR count). The summed E-state index contributed by atoms with van der Waals surface area (Å²) in [7, 11) is 3.11. The molecule has 1 aromatic rings. The molecule has 0 amide bonds. The van der Waals surface area contributed by atoms with Gasteiger partial charge in [-0.3, -0.25) is 9.69 Å². The Labute approximate surface area is 102 Å². The van der Waals surface area contributed by atoms with Gasteiger partial charge in [-0.2, -0.15) is 0 Å². The molecule has 0 aliphatic heterocycles. The SMILES string of the molecule is COC(=O)CN(C)Cc1cccc(F)c1Br. The zero-order valence-corrected chi connectivity index (χ0v) is 10.8. The molecule has 0 aromatic heterocycles. The normalized spacial score (nSPS) is 10.6. The van der Waals surface area contributed by atoms with Crippen LogP contribution in [0.25, 0.3) is 0 Å². The number of carbonyl (C=O) groups is 1. The van der Waals surface area contributed by atoms with Crippen molar-refractivity contribution >= 4 is 21.9 Å². The van der Waals surface area contributed by atoms with E-state index in [0.717, 1.165) is 5.56 Å². The molecule has 0 aliphatic carbocycles. The van der Waals surface area contributed by atoms with Crippen molar-refractivity contribution in [3.05, 3.63) is 34.1 Å². The molecule has 0 unspecified atom stereocenters. The molecule has 0 fully saturated rings. The van der Waals surface area contributed by atoms with Crippen LogP contribution in [0.1, 0.15) is 5.56 Å². The van der Waals surface area contributed by atoms with Crippen molar-refractivity contribution in [2.24, 2.45) is 0 Å². The molecular formula is C11H13BrFNO2. The molecule has 0 aliphatic rings. The fraction of sp³-hybridized carbons (Fsp3) is 0.364. The van der Waals surface area contributed by atoms with Crippen LogP contribution in [-0.4, -0.2) is 31.6 Å². The highest BCUT2D eigenvalue weighted by Gasteiger charge is 2.10. The van der Waals surface area contributed by atoms with Gasteiger partial charge in [0.2, 0.25) is 0 Å². The molecule has 3 nitrogen and oxygen atoms in total. The molecule has 0 saturated heterocycles. The third-order valence-corrected chi connectivity index (χ3v) is 2.99. The van der Waals surface area contributed by atoms with Crippen molar-refractivity contribution in [2.45, 2.75) is 6.54 Å². The number of likely N-dealkylation sites (N-methyl/N-ethyl adjacent to an activating group) is 1. The number of rotatable bonds is 4. The Kier molecular flexibility index (Phi) is 4.89. The molecule has 0 heterocycles. The molecule has 88 valence electrons. The second-order valence-electron chi connectivity index (χ2n) is 3.46. The first-order valence-corrected chi connectivity index (χ1v) is 5.52. The molecule has 5 heteroatoms. The predicted molar refractivity (Wildman–Crippen MR) is 62.5 cm³/mol. The maximum absolute atomic E-state index is 13.2. The van der Waals surface area contributed by atoms with Crippen molar-refractivity contribution < 1.29 is 13.9 Å². The number of halogens is 2. The van der Waals surface area contributed by atoms with Crippen LogP contribution in [-0.2, 0) is 16.1 Å². The molecule has 0 N–H and O–H groups in total. The molecule has 1 aromatic carbocycles. The van der Waals surface area contributed by atoms with Crippen LogP contribution in [0.2, 0.25) is 0 Å². The third kappa shape index (κ3) is 3.57. The Morgan fingerprint density at radius 3 is 2.88 bits per heavy atom. The molecule has 16 heavy (non-hydrogen) atoms. The zero-order valence-electron chi connectivity index (χ0n) is 9.17. The van der Waals surface area contributed by atoms with Gasteiger partial charge in [-0.1, -0.05) is 12.1 Å². The van der Waals surface area contributed by atoms with E-state index in [0.29, 0.717) is 11.0 Å². The Hall–Kier alpha value is -0.940. The van der Waals surface area contributed by atoms with E-state index in [9.17, 15) is 9.18 Å². The summed E-state index contributed by atoms with van der Waals surface area (Å²) >= 11 is 3.17. The van der Waals surface area contributed by atoms with E-state index in [-0.39, 0.29) is 18.3 Å². The second-order valence-corrected chi connectivity index (χ2v) is 4.25. The molecule has 0 bridgehead atoms. The highest BCUT2D eigenvalue weighted by molar-refractivity contribution is 9.10. The van der Waals surface area contributed by atoms with Crippen LogP contribution in [0.3, 0.4) is 0 Å². The van der Waals surface area contributed by atoms with Gasteiger partial charge < -0.3 is 4.74 Å². The number of benzene rings is 1. The molecule has 0 atom stereocenters. The van der Waals surface area contributed by atoms with E-state index in [4.69, 9.17) is 0 Å². The van der Waals surface area contributed by atoms with E-state index >= 15 is 0 Å². The minimum Gasteiger partial charge on any atom is -0.468 e. The average Bonchev–Trinajstić information content (AvgIpc) is 2.24. The number of esters is 1. The minimum absolute atomic E-state index is 0.180. The number of methoxy groups -OCH3 is 1. The van der Waals surface area contributed by atoms with Crippen molar-refractivity contribution in [2.75, 3.05) is 20.7 Å². The van der Waals surface area contributed by atoms with Gasteiger partial charge in [-0.15, -0.1) is 0 Å². The van der Waals surface area contributed by atoms with E-state index in [1.807, 2.05) is 0 Å². The van der Waals surface area contributed by atoms with Gasteiger partial charge in [0.15, 0.2) is 0 Å². The summed E-state index contributed by atoms with van der Waals surface area (Å²) in [5.41, 5.74) is 0.798. The summed E-state index contributed by atoms with van der Waals surface area (Å²) in [6, 6.07) is 4.83. The maximum atomic E-state index is 13.2. The van der Waals surface area contributed by atoms with Crippen LogP contribution in [0.5, 0.6) is 0 Å². The average molecular weight is 290 g/mol. The van der Waals surface area contributed by atoms with Gasteiger partial charge in [0.25, 0.3) is 0 Å². The predicted octanol–water partition coefficient (Wildman–Crippen LogP) is 2.19. The van der Waals surface area contributed by atoms with Crippen molar-refractivity contribution in [3.63, 3.8) is 0 Å². The summed E-state index contributed by atoms with van der Waals surface area (Å²) in [6.07, 6.45) is 0. The highest BCUT2D eigenvalue weighted by atomic mass is 79.9. The number of carbonyl (C=O) groups excluding carboxylic acids is 1. The summed E-state index contributed by atoms with van der Waals surface area (Å²) in [4.78, 5) is 12.8. The topological polar surface area (TPSA) is 29.5 Å². The van der Waals surface area contributed by atoms with Gasteiger partial charge in [0.1, 0.15) is 5.82 Å². The Morgan fingerprint density at radius 1 is 1.56 bits per heavy atom. The largest absolute Gasteiger partial charge is 0.468 e. The number of nitrogens with zero attached hydrogens (tertiary/aromatic N) is 1. The van der Waals surface area contributed by atoms with E-state index in [1.54, 1.807) is 24.1 Å². The zero-order chi connectivity index (χ0) is 12.1. The van der Waals surface area contributed by atoms with Crippen LogP contribution in [0.4, 0.5) is 4.39 Å². The lowest BCUT2D eigenvalue weighted by atomic mass is 10.2. The highest BCUT2D eigenvalue weighted by Crippen LogP contribution is 2.21. The van der Waals surface area contributed by atoms with Crippen molar-refractivity contribution in [1.29, 1.82) is 0 Å². The molecule has 0 radical (unpaired) electrons.